The van der Waals surface area contributed by atoms with Gasteiger partial charge in [-0.05, 0) is 24.6 Å². The van der Waals surface area contributed by atoms with Crippen molar-refractivity contribution in [2.75, 3.05) is 12.4 Å². The number of benzene rings is 1. The maximum Gasteiger partial charge on any atom is 0.207 e. The van der Waals surface area contributed by atoms with Gasteiger partial charge in [-0.2, -0.15) is 0 Å². The maximum absolute atomic E-state index is 4.22. The molecule has 0 amide bonds. The molecule has 0 radical (unpaired) electrons. The molecular formula is C11H12BrN3. The van der Waals surface area contributed by atoms with Gasteiger partial charge in [0, 0.05) is 23.9 Å². The maximum atomic E-state index is 4.22. The Morgan fingerprint density at radius 2 is 2.20 bits per heavy atom. The molecule has 78 valence electrons. The number of rotatable bonds is 2. The van der Waals surface area contributed by atoms with Crippen molar-refractivity contribution in [2.24, 2.45) is 0 Å². The highest BCUT2D eigenvalue weighted by molar-refractivity contribution is 9.10. The summed E-state index contributed by atoms with van der Waals surface area (Å²) in [5, 5.41) is 3.06. The van der Waals surface area contributed by atoms with E-state index in [-0.39, 0.29) is 0 Å². The highest BCUT2D eigenvalue weighted by Crippen LogP contribution is 2.24. The minimum absolute atomic E-state index is 0.844. The van der Waals surface area contributed by atoms with Crippen molar-refractivity contribution < 1.29 is 0 Å². The van der Waals surface area contributed by atoms with Crippen LogP contribution in [-0.2, 0) is 0 Å². The van der Waals surface area contributed by atoms with E-state index in [2.05, 4.69) is 39.2 Å². The lowest BCUT2D eigenvalue weighted by atomic mass is 10.2. The van der Waals surface area contributed by atoms with Crippen LogP contribution in [-0.4, -0.2) is 16.6 Å². The summed E-state index contributed by atoms with van der Waals surface area (Å²) in [6, 6.07) is 6.13. The third-order valence-electron chi connectivity index (χ3n) is 2.36. The van der Waals surface area contributed by atoms with Crippen molar-refractivity contribution in [2.45, 2.75) is 6.92 Å². The number of imidazole rings is 1. The molecule has 4 heteroatoms. The first-order valence-electron chi connectivity index (χ1n) is 4.70. The first-order chi connectivity index (χ1) is 7.24. The summed E-state index contributed by atoms with van der Waals surface area (Å²) in [7, 11) is 1.87. The highest BCUT2D eigenvalue weighted by atomic mass is 79.9. The Bertz CT molecular complexity index is 476. The lowest BCUT2D eigenvalue weighted by Gasteiger charge is -2.11. The summed E-state index contributed by atoms with van der Waals surface area (Å²) in [5.74, 6) is 0.844. The van der Waals surface area contributed by atoms with E-state index in [1.165, 1.54) is 5.56 Å². The fourth-order valence-electron chi connectivity index (χ4n) is 1.54. The fourth-order valence-corrected chi connectivity index (χ4v) is 1.90. The number of anilines is 1. The van der Waals surface area contributed by atoms with Crippen LogP contribution in [0.15, 0.2) is 35.1 Å². The number of aromatic nitrogens is 2. The van der Waals surface area contributed by atoms with Crippen LogP contribution in [0.4, 0.5) is 5.95 Å². The lowest BCUT2D eigenvalue weighted by Crippen LogP contribution is -2.02. The quantitative estimate of drug-likeness (QED) is 0.905. The largest absolute Gasteiger partial charge is 0.358 e. The third-order valence-corrected chi connectivity index (χ3v) is 3.22. The Labute approximate surface area is 97.3 Å². The van der Waals surface area contributed by atoms with Crippen molar-refractivity contribution in [3.05, 3.63) is 40.6 Å². The number of nitrogens with zero attached hydrogens (tertiary/aromatic N) is 2. The minimum atomic E-state index is 0.844. The van der Waals surface area contributed by atoms with Crippen LogP contribution < -0.4 is 5.32 Å². The van der Waals surface area contributed by atoms with E-state index in [4.69, 9.17) is 0 Å². The Morgan fingerprint density at radius 3 is 2.93 bits per heavy atom. The number of hydrogen-bond donors (Lipinski definition) is 1. The lowest BCUT2D eigenvalue weighted by molar-refractivity contribution is 1.04. The SMILES string of the molecule is CNc1nccn1-c1cccc(Br)c1C. The summed E-state index contributed by atoms with van der Waals surface area (Å²) in [4.78, 5) is 4.22. The topological polar surface area (TPSA) is 29.9 Å². The van der Waals surface area contributed by atoms with Crippen LogP contribution >= 0.6 is 15.9 Å². The molecule has 0 unspecified atom stereocenters. The Hall–Kier alpha value is -1.29. The molecule has 2 aromatic rings. The predicted molar refractivity (Wildman–Crippen MR) is 65.5 cm³/mol. The molecule has 0 saturated carbocycles. The van der Waals surface area contributed by atoms with Gasteiger partial charge in [0.1, 0.15) is 0 Å². The number of halogens is 1. The Balaban J connectivity index is 2.59. The summed E-state index contributed by atoms with van der Waals surface area (Å²) >= 11 is 3.52. The van der Waals surface area contributed by atoms with E-state index >= 15 is 0 Å². The van der Waals surface area contributed by atoms with Crippen LogP contribution in [0.2, 0.25) is 0 Å². The first-order valence-corrected chi connectivity index (χ1v) is 5.50. The van der Waals surface area contributed by atoms with Crippen molar-refractivity contribution in [3.63, 3.8) is 0 Å². The second-order valence-electron chi connectivity index (χ2n) is 3.25. The summed E-state index contributed by atoms with van der Waals surface area (Å²) in [6.45, 7) is 2.08. The molecule has 0 saturated heterocycles. The van der Waals surface area contributed by atoms with Gasteiger partial charge >= 0.3 is 0 Å². The van der Waals surface area contributed by atoms with Crippen molar-refractivity contribution in [1.82, 2.24) is 9.55 Å². The minimum Gasteiger partial charge on any atom is -0.358 e. The van der Waals surface area contributed by atoms with Gasteiger partial charge in [-0.15, -0.1) is 0 Å². The monoisotopic (exact) mass is 265 g/mol. The van der Waals surface area contributed by atoms with Crippen molar-refractivity contribution in [1.29, 1.82) is 0 Å². The fraction of sp³-hybridized carbons (Fsp3) is 0.182. The van der Waals surface area contributed by atoms with Gasteiger partial charge in [0.25, 0.3) is 0 Å². The van der Waals surface area contributed by atoms with E-state index in [0.717, 1.165) is 16.1 Å². The zero-order valence-corrected chi connectivity index (χ0v) is 10.2. The average molecular weight is 266 g/mol. The normalized spacial score (nSPS) is 10.3. The molecule has 1 aromatic carbocycles. The number of hydrogen-bond acceptors (Lipinski definition) is 2. The van der Waals surface area contributed by atoms with E-state index in [9.17, 15) is 0 Å². The molecule has 1 aromatic heterocycles. The molecule has 0 aliphatic rings. The molecule has 0 spiro atoms. The Kier molecular flexibility index (Phi) is 2.77. The van der Waals surface area contributed by atoms with Gasteiger partial charge in [0.15, 0.2) is 0 Å². The molecule has 1 heterocycles. The van der Waals surface area contributed by atoms with Gasteiger partial charge < -0.3 is 5.32 Å². The second kappa shape index (κ2) is 4.06. The summed E-state index contributed by atoms with van der Waals surface area (Å²) in [6.07, 6.45) is 3.73. The summed E-state index contributed by atoms with van der Waals surface area (Å²) < 4.78 is 3.14. The van der Waals surface area contributed by atoms with Crippen molar-refractivity contribution in [3.8, 4) is 5.69 Å². The molecule has 0 aliphatic heterocycles. The molecule has 0 aliphatic carbocycles. The smallest absolute Gasteiger partial charge is 0.207 e. The first kappa shape index (κ1) is 10.2. The average Bonchev–Trinajstić information content (AvgIpc) is 2.70. The van der Waals surface area contributed by atoms with E-state index in [1.807, 2.05) is 29.9 Å². The van der Waals surface area contributed by atoms with Crippen LogP contribution in [0.3, 0.4) is 0 Å². The van der Waals surface area contributed by atoms with E-state index < -0.39 is 0 Å². The van der Waals surface area contributed by atoms with Gasteiger partial charge in [-0.1, -0.05) is 22.0 Å². The van der Waals surface area contributed by atoms with Crippen LogP contribution in [0.5, 0.6) is 0 Å². The second-order valence-corrected chi connectivity index (χ2v) is 4.11. The summed E-state index contributed by atoms with van der Waals surface area (Å²) in [5.41, 5.74) is 2.33. The van der Waals surface area contributed by atoms with Crippen LogP contribution in [0, 0.1) is 6.92 Å². The molecule has 2 rings (SSSR count). The van der Waals surface area contributed by atoms with Gasteiger partial charge in [-0.25, -0.2) is 4.98 Å². The van der Waals surface area contributed by atoms with Gasteiger partial charge in [0.2, 0.25) is 5.95 Å². The van der Waals surface area contributed by atoms with E-state index in [0.29, 0.717) is 0 Å². The molecular weight excluding hydrogens is 254 g/mol. The highest BCUT2D eigenvalue weighted by Gasteiger charge is 2.07. The molecule has 3 nitrogen and oxygen atoms in total. The Morgan fingerprint density at radius 1 is 1.40 bits per heavy atom. The standard InChI is InChI=1S/C11H12BrN3/c1-8-9(12)4-3-5-10(8)15-7-6-14-11(15)13-2/h3-7H,1-2H3,(H,13,14). The molecule has 15 heavy (non-hydrogen) atoms. The zero-order valence-electron chi connectivity index (χ0n) is 8.66. The van der Waals surface area contributed by atoms with Crippen LogP contribution in [0.1, 0.15) is 5.56 Å². The van der Waals surface area contributed by atoms with Gasteiger partial charge in [-0.3, -0.25) is 4.57 Å². The predicted octanol–water partition coefficient (Wildman–Crippen LogP) is 2.98. The molecule has 1 N–H and O–H groups in total. The third kappa shape index (κ3) is 1.77. The molecule has 0 bridgehead atoms. The number of nitrogens with one attached hydrogen (secondary N) is 1. The van der Waals surface area contributed by atoms with E-state index in [1.54, 1.807) is 6.20 Å². The zero-order chi connectivity index (χ0) is 10.8. The van der Waals surface area contributed by atoms with Crippen molar-refractivity contribution >= 4 is 21.9 Å². The van der Waals surface area contributed by atoms with Crippen LogP contribution in [0.25, 0.3) is 5.69 Å². The molecule has 0 atom stereocenters. The molecule has 0 fully saturated rings. The van der Waals surface area contributed by atoms with Gasteiger partial charge in [0.05, 0.1) is 5.69 Å².